The number of ether oxygens (including phenoxy) is 3. The quantitative estimate of drug-likeness (QED) is 0.599. The second-order valence-corrected chi connectivity index (χ2v) is 8.01. The van der Waals surface area contributed by atoms with Gasteiger partial charge < -0.3 is 19.1 Å². The summed E-state index contributed by atoms with van der Waals surface area (Å²) in [5, 5.41) is 0.183. The molecule has 0 radical (unpaired) electrons. The summed E-state index contributed by atoms with van der Waals surface area (Å²) in [5.74, 6) is 0.472. The summed E-state index contributed by atoms with van der Waals surface area (Å²) in [4.78, 5) is 29.9. The fourth-order valence-electron chi connectivity index (χ4n) is 3.93. The first-order valence-electron chi connectivity index (χ1n) is 10.6. The maximum absolute atomic E-state index is 13.7. The zero-order valence-corrected chi connectivity index (χ0v) is 20.1. The molecule has 8 heteroatoms. The maximum atomic E-state index is 13.7. The van der Waals surface area contributed by atoms with E-state index in [1.165, 1.54) is 14.2 Å². The molecule has 172 valence electrons. The number of carbonyl (C=O) groups excluding carboxylic acids is 2. The second kappa shape index (κ2) is 9.69. The average molecular weight is 461 g/mol. The van der Waals surface area contributed by atoms with Crippen LogP contribution in [-0.2, 0) is 4.74 Å². The highest BCUT2D eigenvalue weighted by atomic mass is 35.5. The number of hydrogen-bond donors (Lipinski definition) is 0. The molecule has 1 aliphatic heterocycles. The third-order valence-corrected chi connectivity index (χ3v) is 6.17. The number of benzene rings is 2. The molecule has 1 unspecified atom stereocenters. The third kappa shape index (κ3) is 4.09. The van der Waals surface area contributed by atoms with Crippen molar-refractivity contribution in [2.75, 3.05) is 37.2 Å². The Morgan fingerprint density at radius 3 is 2.28 bits per heavy atom. The van der Waals surface area contributed by atoms with Crippen LogP contribution in [0, 0.1) is 13.8 Å². The molecule has 32 heavy (non-hydrogen) atoms. The van der Waals surface area contributed by atoms with E-state index in [9.17, 15) is 9.59 Å². The van der Waals surface area contributed by atoms with Crippen LogP contribution < -0.4 is 19.3 Å². The minimum absolute atomic E-state index is 0.183. The molecule has 2 aromatic rings. The lowest BCUT2D eigenvalue weighted by molar-refractivity contribution is 0.0981. The largest absolute Gasteiger partial charge is 0.493 e. The predicted molar refractivity (Wildman–Crippen MR) is 126 cm³/mol. The van der Waals surface area contributed by atoms with Crippen molar-refractivity contribution < 1.29 is 23.8 Å². The molecule has 1 atom stereocenters. The first-order valence-corrected chi connectivity index (χ1v) is 11.0. The van der Waals surface area contributed by atoms with Gasteiger partial charge in [0.25, 0.3) is 5.91 Å². The maximum Gasteiger partial charge on any atom is 0.414 e. The van der Waals surface area contributed by atoms with Crippen LogP contribution in [0.1, 0.15) is 41.8 Å². The summed E-state index contributed by atoms with van der Waals surface area (Å²) in [6, 6.07) is 6.90. The number of aryl methyl sites for hydroxylation is 2. The van der Waals surface area contributed by atoms with Crippen molar-refractivity contribution in [3.63, 3.8) is 0 Å². The average Bonchev–Trinajstić information content (AvgIpc) is 2.78. The number of hydrogen-bond acceptors (Lipinski definition) is 5. The van der Waals surface area contributed by atoms with E-state index in [0.717, 1.165) is 11.1 Å². The van der Waals surface area contributed by atoms with E-state index in [0.29, 0.717) is 41.4 Å². The normalized spacial score (nSPS) is 15.3. The van der Waals surface area contributed by atoms with E-state index in [1.807, 2.05) is 32.9 Å². The molecule has 0 aliphatic carbocycles. The Labute approximate surface area is 193 Å². The Morgan fingerprint density at radius 2 is 1.72 bits per heavy atom. The van der Waals surface area contributed by atoms with Crippen LogP contribution in [0.3, 0.4) is 0 Å². The zero-order chi connectivity index (χ0) is 23.6. The minimum atomic E-state index is -0.417. The van der Waals surface area contributed by atoms with Crippen LogP contribution in [0.15, 0.2) is 24.3 Å². The van der Waals surface area contributed by atoms with Crippen molar-refractivity contribution in [3.8, 4) is 11.5 Å². The van der Waals surface area contributed by atoms with E-state index >= 15 is 0 Å². The van der Waals surface area contributed by atoms with Crippen LogP contribution in [-0.4, -0.2) is 45.4 Å². The Morgan fingerprint density at radius 1 is 1.06 bits per heavy atom. The van der Waals surface area contributed by atoms with E-state index in [2.05, 4.69) is 0 Å². The van der Waals surface area contributed by atoms with Gasteiger partial charge in [-0.25, -0.2) is 4.79 Å². The molecule has 0 bridgehead atoms. The monoisotopic (exact) mass is 460 g/mol. The van der Waals surface area contributed by atoms with Gasteiger partial charge in [0.05, 0.1) is 48.8 Å². The number of nitrogens with zero attached hydrogens (tertiary/aromatic N) is 2. The van der Waals surface area contributed by atoms with Crippen molar-refractivity contribution in [3.05, 3.63) is 46.0 Å². The molecule has 0 saturated carbocycles. The summed E-state index contributed by atoms with van der Waals surface area (Å²) in [6.07, 6.45) is 0.231. The van der Waals surface area contributed by atoms with Crippen LogP contribution in [0.2, 0.25) is 5.02 Å². The lowest BCUT2D eigenvalue weighted by Gasteiger charge is -2.42. The standard InChI is InChI=1S/C24H29ClN2O5/c1-7-16-13-26(23(28)17-9-10-20(30-5)22(31-6)21(17)25)18-11-14(3)15(4)12-19(18)27(16)24(29)32-8-2/h9-12,16H,7-8,13H2,1-6H3. The molecular formula is C24H29ClN2O5. The highest BCUT2D eigenvalue weighted by molar-refractivity contribution is 6.36. The summed E-state index contributed by atoms with van der Waals surface area (Å²) in [7, 11) is 2.99. The Bertz CT molecular complexity index is 1040. The molecule has 0 spiro atoms. The molecule has 1 aliphatic rings. The number of fused-ring (bicyclic) bond motifs is 1. The van der Waals surface area contributed by atoms with E-state index in [1.54, 1.807) is 28.9 Å². The third-order valence-electron chi connectivity index (χ3n) is 5.80. The van der Waals surface area contributed by atoms with Crippen LogP contribution >= 0.6 is 11.6 Å². The SMILES string of the molecule is CCOC(=O)N1c2cc(C)c(C)cc2N(C(=O)c2ccc(OC)c(OC)c2Cl)CC1CC. The van der Waals surface area contributed by atoms with Gasteiger partial charge in [0.2, 0.25) is 0 Å². The van der Waals surface area contributed by atoms with Gasteiger partial charge in [0, 0.05) is 6.54 Å². The molecule has 0 aromatic heterocycles. The van der Waals surface area contributed by atoms with Gasteiger partial charge in [-0.15, -0.1) is 0 Å². The second-order valence-electron chi connectivity index (χ2n) is 7.63. The molecule has 7 nitrogen and oxygen atoms in total. The summed E-state index contributed by atoms with van der Waals surface area (Å²) in [5.41, 5.74) is 3.62. The molecule has 3 rings (SSSR count). The zero-order valence-electron chi connectivity index (χ0n) is 19.3. The van der Waals surface area contributed by atoms with Crippen molar-refractivity contribution in [2.45, 2.75) is 40.2 Å². The molecule has 1 heterocycles. The fraction of sp³-hybridized carbons (Fsp3) is 0.417. The van der Waals surface area contributed by atoms with E-state index in [-0.39, 0.29) is 23.6 Å². The van der Waals surface area contributed by atoms with Crippen molar-refractivity contribution in [1.82, 2.24) is 0 Å². The van der Waals surface area contributed by atoms with Gasteiger partial charge in [-0.2, -0.15) is 0 Å². The van der Waals surface area contributed by atoms with E-state index in [4.69, 9.17) is 25.8 Å². The fourth-order valence-corrected chi connectivity index (χ4v) is 4.24. The van der Waals surface area contributed by atoms with Crippen molar-refractivity contribution in [1.29, 1.82) is 0 Å². The smallest absolute Gasteiger partial charge is 0.414 e. The number of amides is 2. The summed E-state index contributed by atoms with van der Waals surface area (Å²) >= 11 is 6.54. The summed E-state index contributed by atoms with van der Waals surface area (Å²) in [6.45, 7) is 8.30. The summed E-state index contributed by atoms with van der Waals surface area (Å²) < 4.78 is 16.0. The molecule has 0 N–H and O–H groups in total. The topological polar surface area (TPSA) is 68.3 Å². The van der Waals surface area contributed by atoms with Gasteiger partial charge in [-0.05, 0) is 62.6 Å². The number of rotatable bonds is 5. The van der Waals surface area contributed by atoms with Gasteiger partial charge in [-0.3, -0.25) is 9.69 Å². The van der Waals surface area contributed by atoms with Crippen LogP contribution in [0.4, 0.5) is 16.2 Å². The minimum Gasteiger partial charge on any atom is -0.493 e. The number of methoxy groups -OCH3 is 2. The molecular weight excluding hydrogens is 432 g/mol. The van der Waals surface area contributed by atoms with Crippen molar-refractivity contribution >= 4 is 35.0 Å². The van der Waals surface area contributed by atoms with Gasteiger partial charge in [0.15, 0.2) is 11.5 Å². The van der Waals surface area contributed by atoms with Crippen LogP contribution in [0.5, 0.6) is 11.5 Å². The van der Waals surface area contributed by atoms with Crippen molar-refractivity contribution in [2.24, 2.45) is 0 Å². The number of carbonyl (C=O) groups is 2. The van der Waals surface area contributed by atoms with Crippen LogP contribution in [0.25, 0.3) is 0 Å². The highest BCUT2D eigenvalue weighted by Gasteiger charge is 2.38. The Hall–Kier alpha value is -2.93. The predicted octanol–water partition coefficient (Wildman–Crippen LogP) is 5.38. The molecule has 0 fully saturated rings. The first-order chi connectivity index (χ1) is 15.3. The lowest BCUT2D eigenvalue weighted by Crippen LogP contribution is -2.53. The van der Waals surface area contributed by atoms with Gasteiger partial charge in [0.1, 0.15) is 0 Å². The first kappa shape index (κ1) is 23.7. The molecule has 0 saturated heterocycles. The van der Waals surface area contributed by atoms with Gasteiger partial charge in [-0.1, -0.05) is 18.5 Å². The Balaban J connectivity index is 2.15. The number of anilines is 2. The highest BCUT2D eigenvalue weighted by Crippen LogP contribution is 2.42. The lowest BCUT2D eigenvalue weighted by atomic mass is 9.99. The van der Waals surface area contributed by atoms with Gasteiger partial charge >= 0.3 is 6.09 Å². The number of halogens is 1. The van der Waals surface area contributed by atoms with E-state index < -0.39 is 6.09 Å². The molecule has 2 aromatic carbocycles. The molecule has 2 amide bonds. The Kier molecular flexibility index (Phi) is 7.19.